The lowest BCUT2D eigenvalue weighted by atomic mass is 9.95. The predicted octanol–water partition coefficient (Wildman–Crippen LogP) is 5.84. The fourth-order valence-corrected chi connectivity index (χ4v) is 3.10. The van der Waals surface area contributed by atoms with Crippen LogP contribution in [-0.2, 0) is 14.3 Å². The molecule has 3 rings (SSSR count). The zero-order chi connectivity index (χ0) is 22.0. The SMILES string of the molecule is C=C(C)C(=O)OCC(C)c1ccc2c(c1)cc(F)c1cc(OC(=O)C(=C)C)ccc12. The highest BCUT2D eigenvalue weighted by Crippen LogP contribution is 2.32. The van der Waals surface area contributed by atoms with E-state index in [1.807, 2.05) is 25.1 Å². The molecule has 1 unspecified atom stereocenters. The highest BCUT2D eigenvalue weighted by molar-refractivity contribution is 6.08. The number of hydrogen-bond acceptors (Lipinski definition) is 4. The number of halogens is 1. The lowest BCUT2D eigenvalue weighted by Gasteiger charge is -2.14. The Balaban J connectivity index is 1.94. The van der Waals surface area contributed by atoms with E-state index in [4.69, 9.17) is 9.47 Å². The Kier molecular flexibility index (Phi) is 6.01. The third-order valence-corrected chi connectivity index (χ3v) is 4.84. The van der Waals surface area contributed by atoms with Crippen LogP contribution in [0, 0.1) is 5.82 Å². The summed E-state index contributed by atoms with van der Waals surface area (Å²) in [6.07, 6.45) is 0. The number of fused-ring (bicyclic) bond motifs is 3. The standard InChI is InChI=1S/C25H23FO4/c1-14(2)24(27)29-13-16(5)17-6-8-20-18(10-17)11-23(26)22-12-19(7-9-21(20)22)30-25(28)15(3)4/h6-12,16H,1,3,13H2,2,4-5H3. The van der Waals surface area contributed by atoms with E-state index in [-0.39, 0.29) is 23.8 Å². The normalized spacial score (nSPS) is 11.9. The molecule has 0 aliphatic heterocycles. The summed E-state index contributed by atoms with van der Waals surface area (Å²) in [5.41, 5.74) is 1.55. The molecule has 0 aliphatic carbocycles. The lowest BCUT2D eigenvalue weighted by molar-refractivity contribution is -0.139. The molecule has 3 aromatic rings. The maximum absolute atomic E-state index is 14.8. The van der Waals surface area contributed by atoms with Crippen LogP contribution in [0.5, 0.6) is 5.75 Å². The molecule has 30 heavy (non-hydrogen) atoms. The van der Waals surface area contributed by atoms with Gasteiger partial charge in [-0.25, -0.2) is 14.0 Å². The largest absolute Gasteiger partial charge is 0.462 e. The van der Waals surface area contributed by atoms with Gasteiger partial charge in [0.2, 0.25) is 0 Å². The molecule has 0 saturated carbocycles. The van der Waals surface area contributed by atoms with Gasteiger partial charge in [-0.3, -0.25) is 0 Å². The number of rotatable bonds is 6. The summed E-state index contributed by atoms with van der Waals surface area (Å²) >= 11 is 0. The topological polar surface area (TPSA) is 52.6 Å². The summed E-state index contributed by atoms with van der Waals surface area (Å²) < 4.78 is 25.3. The Hall–Kier alpha value is -3.47. The van der Waals surface area contributed by atoms with E-state index in [0.717, 1.165) is 16.3 Å². The molecule has 3 aromatic carbocycles. The van der Waals surface area contributed by atoms with Crippen molar-refractivity contribution in [3.05, 3.63) is 78.1 Å². The highest BCUT2D eigenvalue weighted by atomic mass is 19.1. The van der Waals surface area contributed by atoms with Crippen LogP contribution in [-0.4, -0.2) is 18.5 Å². The van der Waals surface area contributed by atoms with Crippen LogP contribution >= 0.6 is 0 Å². The van der Waals surface area contributed by atoms with E-state index in [2.05, 4.69) is 13.2 Å². The Bertz CT molecular complexity index is 1190. The summed E-state index contributed by atoms with van der Waals surface area (Å²) in [6, 6.07) is 12.1. The van der Waals surface area contributed by atoms with Crippen molar-refractivity contribution >= 4 is 33.5 Å². The molecular formula is C25H23FO4. The van der Waals surface area contributed by atoms with Crippen molar-refractivity contribution in [3.63, 3.8) is 0 Å². The van der Waals surface area contributed by atoms with Gasteiger partial charge in [0, 0.05) is 22.5 Å². The van der Waals surface area contributed by atoms with Crippen molar-refractivity contribution in [2.45, 2.75) is 26.7 Å². The molecule has 0 aliphatic rings. The maximum Gasteiger partial charge on any atom is 0.338 e. The summed E-state index contributed by atoms with van der Waals surface area (Å²) in [4.78, 5) is 23.3. The summed E-state index contributed by atoms with van der Waals surface area (Å²) in [5, 5.41) is 2.69. The summed E-state index contributed by atoms with van der Waals surface area (Å²) in [7, 11) is 0. The smallest absolute Gasteiger partial charge is 0.338 e. The van der Waals surface area contributed by atoms with Crippen molar-refractivity contribution in [2.75, 3.05) is 6.61 Å². The Labute approximate surface area is 174 Å². The molecule has 1 atom stereocenters. The molecule has 0 radical (unpaired) electrons. The molecule has 0 bridgehead atoms. The van der Waals surface area contributed by atoms with Gasteiger partial charge in [0.05, 0.1) is 6.61 Å². The maximum atomic E-state index is 14.8. The Morgan fingerprint density at radius 1 is 0.933 bits per heavy atom. The third kappa shape index (κ3) is 4.40. The van der Waals surface area contributed by atoms with Gasteiger partial charge in [-0.15, -0.1) is 0 Å². The minimum atomic E-state index is -0.554. The van der Waals surface area contributed by atoms with Crippen molar-refractivity contribution < 1.29 is 23.5 Å². The van der Waals surface area contributed by atoms with Gasteiger partial charge in [-0.2, -0.15) is 0 Å². The van der Waals surface area contributed by atoms with Gasteiger partial charge in [-0.1, -0.05) is 38.3 Å². The minimum absolute atomic E-state index is 0.0552. The van der Waals surface area contributed by atoms with E-state index < -0.39 is 17.8 Å². The van der Waals surface area contributed by atoms with E-state index in [1.165, 1.54) is 12.1 Å². The van der Waals surface area contributed by atoms with Crippen molar-refractivity contribution in [1.82, 2.24) is 0 Å². The van der Waals surface area contributed by atoms with E-state index in [0.29, 0.717) is 16.3 Å². The molecule has 0 saturated heterocycles. The fraction of sp³-hybridized carbons (Fsp3) is 0.200. The highest BCUT2D eigenvalue weighted by Gasteiger charge is 2.14. The van der Waals surface area contributed by atoms with Gasteiger partial charge < -0.3 is 9.47 Å². The van der Waals surface area contributed by atoms with Crippen LogP contribution in [0.3, 0.4) is 0 Å². The second kappa shape index (κ2) is 8.49. The first-order chi connectivity index (χ1) is 14.2. The van der Waals surface area contributed by atoms with Gasteiger partial charge in [0.1, 0.15) is 11.6 Å². The zero-order valence-corrected chi connectivity index (χ0v) is 17.3. The number of carbonyl (C=O) groups excluding carboxylic acids is 2. The number of benzene rings is 3. The quantitative estimate of drug-likeness (QED) is 0.223. The summed E-state index contributed by atoms with van der Waals surface area (Å²) in [6.45, 7) is 12.4. The van der Waals surface area contributed by atoms with Crippen molar-refractivity contribution in [3.8, 4) is 5.75 Å². The van der Waals surface area contributed by atoms with Gasteiger partial charge in [-0.05, 0) is 59.8 Å². The van der Waals surface area contributed by atoms with Crippen LogP contribution in [0.25, 0.3) is 21.5 Å². The number of carbonyl (C=O) groups is 2. The zero-order valence-electron chi connectivity index (χ0n) is 17.3. The average molecular weight is 406 g/mol. The van der Waals surface area contributed by atoms with Crippen LogP contribution in [0.4, 0.5) is 4.39 Å². The van der Waals surface area contributed by atoms with Crippen LogP contribution in [0.2, 0.25) is 0 Å². The number of hydrogen-bond donors (Lipinski definition) is 0. The predicted molar refractivity (Wildman–Crippen MR) is 116 cm³/mol. The fourth-order valence-electron chi connectivity index (χ4n) is 3.10. The van der Waals surface area contributed by atoms with Crippen molar-refractivity contribution in [2.24, 2.45) is 0 Å². The van der Waals surface area contributed by atoms with Crippen molar-refractivity contribution in [1.29, 1.82) is 0 Å². The third-order valence-electron chi connectivity index (χ3n) is 4.84. The van der Waals surface area contributed by atoms with E-state index >= 15 is 0 Å². The Morgan fingerprint density at radius 2 is 1.60 bits per heavy atom. The van der Waals surface area contributed by atoms with Crippen LogP contribution in [0.1, 0.15) is 32.3 Å². The molecule has 0 amide bonds. The molecule has 154 valence electrons. The molecule has 0 aromatic heterocycles. The van der Waals surface area contributed by atoms with Crippen LogP contribution in [0.15, 0.2) is 66.8 Å². The van der Waals surface area contributed by atoms with Gasteiger partial charge >= 0.3 is 11.9 Å². The first-order valence-electron chi connectivity index (χ1n) is 9.53. The number of esters is 2. The molecule has 4 nitrogen and oxygen atoms in total. The van der Waals surface area contributed by atoms with Gasteiger partial charge in [0.25, 0.3) is 0 Å². The van der Waals surface area contributed by atoms with E-state index in [9.17, 15) is 14.0 Å². The molecular weight excluding hydrogens is 383 g/mol. The average Bonchev–Trinajstić information content (AvgIpc) is 2.71. The minimum Gasteiger partial charge on any atom is -0.462 e. The van der Waals surface area contributed by atoms with Crippen LogP contribution < -0.4 is 4.74 Å². The first kappa shape index (κ1) is 21.2. The molecule has 0 fully saturated rings. The first-order valence-corrected chi connectivity index (χ1v) is 9.53. The molecule has 0 N–H and O–H groups in total. The lowest BCUT2D eigenvalue weighted by Crippen LogP contribution is -2.11. The summed E-state index contributed by atoms with van der Waals surface area (Å²) in [5.74, 6) is -1.19. The molecule has 0 heterocycles. The second-order valence-corrected chi connectivity index (χ2v) is 7.50. The van der Waals surface area contributed by atoms with E-state index in [1.54, 1.807) is 26.0 Å². The second-order valence-electron chi connectivity index (χ2n) is 7.50. The molecule has 0 spiro atoms. The monoisotopic (exact) mass is 406 g/mol. The Morgan fingerprint density at radius 3 is 2.27 bits per heavy atom. The number of ether oxygens (including phenoxy) is 2. The molecule has 5 heteroatoms. The van der Waals surface area contributed by atoms with Gasteiger partial charge in [0.15, 0.2) is 0 Å².